The van der Waals surface area contributed by atoms with E-state index in [1.165, 1.54) is 0 Å². The second-order valence-corrected chi connectivity index (χ2v) is 3.74. The first-order valence-corrected chi connectivity index (χ1v) is 5.37. The van der Waals surface area contributed by atoms with Gasteiger partial charge in [-0.15, -0.1) is 30.6 Å². The zero-order valence-electron chi connectivity index (χ0n) is 10.8. The molecule has 0 fully saturated rings. The lowest BCUT2D eigenvalue weighted by Crippen LogP contribution is -2.42. The number of hydrogen-bond acceptors (Lipinski definition) is 2. The first-order valence-electron chi connectivity index (χ1n) is 5.37. The molecule has 0 saturated heterocycles. The predicted molar refractivity (Wildman–Crippen MR) is 82.7 cm³/mol. The van der Waals surface area contributed by atoms with Crippen molar-refractivity contribution in [1.82, 2.24) is 15.5 Å². The second-order valence-electron chi connectivity index (χ2n) is 3.74. The first kappa shape index (κ1) is 18.1. The fraction of sp³-hybridized carbons (Fsp3) is 0.727. The maximum atomic E-state index is 4.10. The van der Waals surface area contributed by atoms with E-state index < -0.39 is 0 Å². The molecule has 16 heavy (non-hydrogen) atoms. The predicted octanol–water partition coefficient (Wildman–Crippen LogP) is 1.30. The Labute approximate surface area is 117 Å². The van der Waals surface area contributed by atoms with Crippen LogP contribution in [-0.4, -0.2) is 50.6 Å². The summed E-state index contributed by atoms with van der Waals surface area (Å²) in [5, 5.41) is 6.36. The molecule has 0 saturated carbocycles. The van der Waals surface area contributed by atoms with Crippen LogP contribution < -0.4 is 10.6 Å². The van der Waals surface area contributed by atoms with Gasteiger partial charge in [-0.3, -0.25) is 4.99 Å². The molecular formula is C11H25IN4. The third-order valence-corrected chi connectivity index (χ3v) is 2.28. The van der Waals surface area contributed by atoms with Crippen LogP contribution in [0.5, 0.6) is 0 Å². The molecule has 0 unspecified atom stereocenters. The number of rotatable bonds is 6. The first-order chi connectivity index (χ1) is 7.11. The third-order valence-electron chi connectivity index (χ3n) is 2.28. The lowest BCUT2D eigenvalue weighted by Gasteiger charge is -2.21. The molecular weight excluding hydrogens is 315 g/mol. The molecule has 0 rings (SSSR count). The maximum absolute atomic E-state index is 4.10. The molecule has 0 bridgehead atoms. The Morgan fingerprint density at radius 3 is 2.50 bits per heavy atom. The van der Waals surface area contributed by atoms with Gasteiger partial charge in [-0.1, -0.05) is 6.08 Å². The second kappa shape index (κ2) is 11.2. The summed E-state index contributed by atoms with van der Waals surface area (Å²) in [6.45, 7) is 10.7. The zero-order valence-corrected chi connectivity index (χ0v) is 13.1. The number of nitrogens with zero attached hydrogens (tertiary/aromatic N) is 2. The topological polar surface area (TPSA) is 39.7 Å². The number of hydrogen-bond donors (Lipinski definition) is 2. The van der Waals surface area contributed by atoms with Crippen LogP contribution in [0.3, 0.4) is 0 Å². The lowest BCUT2D eigenvalue weighted by atomic mass is 10.3. The highest BCUT2D eigenvalue weighted by Crippen LogP contribution is 1.90. The normalized spacial score (nSPS) is 11.2. The molecule has 0 heterocycles. The van der Waals surface area contributed by atoms with Gasteiger partial charge in [0, 0.05) is 32.7 Å². The van der Waals surface area contributed by atoms with Crippen LogP contribution in [0, 0.1) is 0 Å². The smallest absolute Gasteiger partial charge is 0.191 e. The fourth-order valence-electron chi connectivity index (χ4n) is 0.998. The third kappa shape index (κ3) is 8.96. The lowest BCUT2D eigenvalue weighted by molar-refractivity contribution is 0.278. The van der Waals surface area contributed by atoms with Crippen LogP contribution in [0.15, 0.2) is 17.6 Å². The van der Waals surface area contributed by atoms with Crippen LogP contribution in [0.2, 0.25) is 0 Å². The van der Waals surface area contributed by atoms with E-state index in [0.29, 0.717) is 6.04 Å². The van der Waals surface area contributed by atoms with Gasteiger partial charge < -0.3 is 15.5 Å². The van der Waals surface area contributed by atoms with Crippen LogP contribution >= 0.6 is 24.0 Å². The van der Waals surface area contributed by atoms with Crippen molar-refractivity contribution in [2.75, 3.05) is 33.7 Å². The van der Waals surface area contributed by atoms with Crippen molar-refractivity contribution < 1.29 is 0 Å². The molecule has 0 radical (unpaired) electrons. The van der Waals surface area contributed by atoms with Gasteiger partial charge in [0.2, 0.25) is 0 Å². The van der Waals surface area contributed by atoms with Crippen molar-refractivity contribution in [2.24, 2.45) is 4.99 Å². The number of likely N-dealkylation sites (N-methyl/N-ethyl adjacent to an activating group) is 1. The average Bonchev–Trinajstić information content (AvgIpc) is 2.22. The van der Waals surface area contributed by atoms with E-state index in [2.05, 4.69) is 48.0 Å². The molecule has 5 heteroatoms. The van der Waals surface area contributed by atoms with Crippen molar-refractivity contribution >= 4 is 29.9 Å². The van der Waals surface area contributed by atoms with Gasteiger partial charge in [-0.25, -0.2) is 0 Å². The Bertz CT molecular complexity index is 204. The average molecular weight is 340 g/mol. The SMILES string of the molecule is C=CCNC(=NC)NCCN(C)C(C)C.I. The fourth-order valence-corrected chi connectivity index (χ4v) is 0.998. The van der Waals surface area contributed by atoms with E-state index in [-0.39, 0.29) is 24.0 Å². The van der Waals surface area contributed by atoms with Crippen LogP contribution in [-0.2, 0) is 0 Å². The van der Waals surface area contributed by atoms with Gasteiger partial charge in [0.05, 0.1) is 0 Å². The Morgan fingerprint density at radius 2 is 2.06 bits per heavy atom. The molecule has 0 spiro atoms. The number of halogens is 1. The largest absolute Gasteiger partial charge is 0.355 e. The van der Waals surface area contributed by atoms with Crippen molar-refractivity contribution in [2.45, 2.75) is 19.9 Å². The van der Waals surface area contributed by atoms with Crippen LogP contribution in [0.4, 0.5) is 0 Å². The highest BCUT2D eigenvalue weighted by molar-refractivity contribution is 14.0. The molecule has 0 aliphatic carbocycles. The molecule has 0 atom stereocenters. The van der Waals surface area contributed by atoms with Gasteiger partial charge in [-0.05, 0) is 20.9 Å². The molecule has 2 N–H and O–H groups in total. The van der Waals surface area contributed by atoms with Crippen molar-refractivity contribution in [1.29, 1.82) is 0 Å². The monoisotopic (exact) mass is 340 g/mol. The molecule has 0 amide bonds. The van der Waals surface area contributed by atoms with Gasteiger partial charge >= 0.3 is 0 Å². The van der Waals surface area contributed by atoms with Gasteiger partial charge in [0.25, 0.3) is 0 Å². The van der Waals surface area contributed by atoms with Crippen molar-refractivity contribution in [3.8, 4) is 0 Å². The zero-order chi connectivity index (χ0) is 11.7. The van der Waals surface area contributed by atoms with Crippen molar-refractivity contribution in [3.05, 3.63) is 12.7 Å². The van der Waals surface area contributed by atoms with E-state index in [9.17, 15) is 0 Å². The Morgan fingerprint density at radius 1 is 1.44 bits per heavy atom. The van der Waals surface area contributed by atoms with Gasteiger partial charge in [0.1, 0.15) is 0 Å². The highest BCUT2D eigenvalue weighted by atomic mass is 127. The Kier molecular flexibility index (Phi) is 12.6. The minimum atomic E-state index is 0. The number of guanidine groups is 1. The molecule has 4 nitrogen and oxygen atoms in total. The summed E-state index contributed by atoms with van der Waals surface area (Å²) < 4.78 is 0. The van der Waals surface area contributed by atoms with Gasteiger partial charge in [0.15, 0.2) is 5.96 Å². The van der Waals surface area contributed by atoms with E-state index in [1.807, 2.05) is 6.08 Å². The molecule has 0 aromatic carbocycles. The maximum Gasteiger partial charge on any atom is 0.191 e. The molecule has 0 aromatic rings. The van der Waals surface area contributed by atoms with E-state index in [4.69, 9.17) is 0 Å². The van der Waals surface area contributed by atoms with Crippen LogP contribution in [0.25, 0.3) is 0 Å². The van der Waals surface area contributed by atoms with Gasteiger partial charge in [-0.2, -0.15) is 0 Å². The summed E-state index contributed by atoms with van der Waals surface area (Å²) in [5.41, 5.74) is 0. The van der Waals surface area contributed by atoms with Crippen molar-refractivity contribution in [3.63, 3.8) is 0 Å². The summed E-state index contributed by atoms with van der Waals surface area (Å²) in [6, 6.07) is 0.579. The van der Waals surface area contributed by atoms with E-state index in [0.717, 1.165) is 25.6 Å². The molecule has 96 valence electrons. The highest BCUT2D eigenvalue weighted by Gasteiger charge is 2.02. The van der Waals surface area contributed by atoms with E-state index in [1.54, 1.807) is 7.05 Å². The summed E-state index contributed by atoms with van der Waals surface area (Å²) >= 11 is 0. The summed E-state index contributed by atoms with van der Waals surface area (Å²) in [5.74, 6) is 0.826. The Hall–Kier alpha value is -0.300. The summed E-state index contributed by atoms with van der Waals surface area (Å²) in [4.78, 5) is 6.38. The molecule has 0 aromatic heterocycles. The summed E-state index contributed by atoms with van der Waals surface area (Å²) in [7, 11) is 3.89. The minimum Gasteiger partial charge on any atom is -0.355 e. The summed E-state index contributed by atoms with van der Waals surface area (Å²) in [6.07, 6.45) is 1.81. The number of aliphatic imine (C=N–C) groups is 1. The Balaban J connectivity index is 0. The standard InChI is InChI=1S/C11H24N4.HI/c1-6-7-13-11(12-4)14-8-9-15(5)10(2)3;/h6,10H,1,7-9H2,2-5H3,(H2,12,13,14);1H. The number of nitrogens with one attached hydrogen (secondary N) is 2. The molecule has 0 aliphatic heterocycles. The molecule has 0 aliphatic rings. The van der Waals surface area contributed by atoms with E-state index >= 15 is 0 Å². The quantitative estimate of drug-likeness (QED) is 0.331. The minimum absolute atomic E-state index is 0. The van der Waals surface area contributed by atoms with Crippen LogP contribution in [0.1, 0.15) is 13.8 Å².